The zero-order chi connectivity index (χ0) is 13.9. The molecule has 20 heavy (non-hydrogen) atoms. The maximum absolute atomic E-state index is 5.72. The van der Waals surface area contributed by atoms with E-state index in [1.54, 1.807) is 13.3 Å². The summed E-state index contributed by atoms with van der Waals surface area (Å²) in [4.78, 5) is 8.57. The van der Waals surface area contributed by atoms with Crippen LogP contribution in [0.1, 0.15) is 18.9 Å². The molecule has 0 aliphatic rings. The Morgan fingerprint density at radius 2 is 2.15 bits per heavy atom. The summed E-state index contributed by atoms with van der Waals surface area (Å²) in [5.74, 6) is 1.35. The normalized spacial score (nSPS) is 12.5. The maximum Gasteiger partial charge on any atom is 0.298 e. The fraction of sp³-hybridized carbons (Fsp3) is 0.214. The molecular weight excluding hydrogens is 274 g/mol. The van der Waals surface area contributed by atoms with Crippen molar-refractivity contribution in [3.63, 3.8) is 0 Å². The fourth-order valence-electron chi connectivity index (χ4n) is 1.75. The molecule has 3 aromatic rings. The molecule has 6 heteroatoms. The van der Waals surface area contributed by atoms with Crippen molar-refractivity contribution in [2.75, 3.05) is 7.11 Å². The lowest BCUT2D eigenvalue weighted by molar-refractivity contribution is 0.113. The number of methoxy groups -OCH3 is 1. The monoisotopic (exact) mass is 287 g/mol. The Hall–Kier alpha value is -2.05. The molecule has 0 radical (unpaired) electrons. The van der Waals surface area contributed by atoms with E-state index in [1.807, 2.05) is 37.3 Å². The standard InChI is InChI=1S/C14H13N3O2S/c1-9(18-2)13-16-14(20-17-13)19-11-5-6-12-10(8-11)4-3-7-15-12/h3-9H,1-2H3/t9-/m1/s1. The molecule has 1 aromatic carbocycles. The highest BCUT2D eigenvalue weighted by Gasteiger charge is 2.12. The van der Waals surface area contributed by atoms with Crippen LogP contribution in [-0.2, 0) is 4.74 Å². The first-order valence-electron chi connectivity index (χ1n) is 6.15. The summed E-state index contributed by atoms with van der Waals surface area (Å²) in [6, 6.07) is 9.62. The van der Waals surface area contributed by atoms with Crippen LogP contribution in [0.5, 0.6) is 10.9 Å². The van der Waals surface area contributed by atoms with Crippen LogP contribution in [-0.4, -0.2) is 21.5 Å². The van der Waals surface area contributed by atoms with Crippen LogP contribution in [0.25, 0.3) is 10.9 Å². The Balaban J connectivity index is 1.83. The molecule has 0 unspecified atom stereocenters. The van der Waals surface area contributed by atoms with Crippen molar-refractivity contribution in [1.82, 2.24) is 14.3 Å². The van der Waals surface area contributed by atoms with Crippen LogP contribution >= 0.6 is 11.5 Å². The summed E-state index contributed by atoms with van der Waals surface area (Å²) in [7, 11) is 1.63. The van der Waals surface area contributed by atoms with E-state index in [0.29, 0.717) is 11.0 Å². The molecular formula is C14H13N3O2S. The molecule has 0 amide bonds. The molecule has 0 aliphatic heterocycles. The minimum Gasteiger partial charge on any atom is -0.430 e. The van der Waals surface area contributed by atoms with Gasteiger partial charge in [-0.15, -0.1) is 0 Å². The summed E-state index contributed by atoms with van der Waals surface area (Å²) in [6.45, 7) is 1.90. The van der Waals surface area contributed by atoms with Crippen molar-refractivity contribution < 1.29 is 9.47 Å². The smallest absolute Gasteiger partial charge is 0.298 e. The highest BCUT2D eigenvalue weighted by Crippen LogP contribution is 2.27. The van der Waals surface area contributed by atoms with Crippen molar-refractivity contribution in [2.45, 2.75) is 13.0 Å². The van der Waals surface area contributed by atoms with E-state index in [9.17, 15) is 0 Å². The van der Waals surface area contributed by atoms with Gasteiger partial charge in [0.15, 0.2) is 5.82 Å². The zero-order valence-corrected chi connectivity index (χ0v) is 11.9. The zero-order valence-electron chi connectivity index (χ0n) is 11.1. The average molecular weight is 287 g/mol. The van der Waals surface area contributed by atoms with Crippen molar-refractivity contribution in [2.24, 2.45) is 0 Å². The van der Waals surface area contributed by atoms with Crippen molar-refractivity contribution in [1.29, 1.82) is 0 Å². The Kier molecular flexibility index (Phi) is 3.58. The first-order chi connectivity index (χ1) is 9.76. The van der Waals surface area contributed by atoms with Crippen molar-refractivity contribution >= 4 is 22.4 Å². The van der Waals surface area contributed by atoms with Crippen LogP contribution in [0.3, 0.4) is 0 Å². The second-order valence-electron chi connectivity index (χ2n) is 4.26. The summed E-state index contributed by atoms with van der Waals surface area (Å²) < 4.78 is 15.1. The molecule has 2 aromatic heterocycles. The topological polar surface area (TPSA) is 57.1 Å². The first-order valence-corrected chi connectivity index (χ1v) is 6.92. The number of hydrogen-bond donors (Lipinski definition) is 0. The van der Waals surface area contributed by atoms with E-state index >= 15 is 0 Å². The third-order valence-corrected chi connectivity index (χ3v) is 3.53. The second kappa shape index (κ2) is 5.52. The Labute approximate surface area is 120 Å². The van der Waals surface area contributed by atoms with Crippen LogP contribution in [0.4, 0.5) is 0 Å². The first kappa shape index (κ1) is 13.0. The van der Waals surface area contributed by atoms with Gasteiger partial charge in [-0.1, -0.05) is 6.07 Å². The number of aromatic nitrogens is 3. The van der Waals surface area contributed by atoms with Gasteiger partial charge in [0.1, 0.15) is 11.9 Å². The molecule has 0 saturated carbocycles. The summed E-state index contributed by atoms with van der Waals surface area (Å²) in [6.07, 6.45) is 1.64. The van der Waals surface area contributed by atoms with Gasteiger partial charge < -0.3 is 9.47 Å². The Morgan fingerprint density at radius 1 is 1.25 bits per heavy atom. The number of rotatable bonds is 4. The highest BCUT2D eigenvalue weighted by atomic mass is 32.1. The predicted octanol–water partition coefficient (Wildman–Crippen LogP) is 3.59. The number of fused-ring (bicyclic) bond motifs is 1. The minimum absolute atomic E-state index is 0.135. The van der Waals surface area contributed by atoms with Gasteiger partial charge in [-0.2, -0.15) is 9.36 Å². The number of hydrogen-bond acceptors (Lipinski definition) is 6. The van der Waals surface area contributed by atoms with Gasteiger partial charge in [0.2, 0.25) is 0 Å². The van der Waals surface area contributed by atoms with E-state index in [0.717, 1.165) is 16.7 Å². The van der Waals surface area contributed by atoms with Gasteiger partial charge in [-0.25, -0.2) is 0 Å². The molecule has 0 saturated heterocycles. The van der Waals surface area contributed by atoms with Gasteiger partial charge in [0.25, 0.3) is 5.19 Å². The minimum atomic E-state index is -0.135. The van der Waals surface area contributed by atoms with Gasteiger partial charge in [0.05, 0.1) is 5.52 Å². The van der Waals surface area contributed by atoms with E-state index in [1.165, 1.54) is 11.5 Å². The lowest BCUT2D eigenvalue weighted by atomic mass is 10.2. The highest BCUT2D eigenvalue weighted by molar-refractivity contribution is 7.07. The third-order valence-electron chi connectivity index (χ3n) is 2.92. The molecule has 0 spiro atoms. The van der Waals surface area contributed by atoms with Crippen molar-refractivity contribution in [3.05, 3.63) is 42.4 Å². The van der Waals surface area contributed by atoms with Gasteiger partial charge in [-0.05, 0) is 31.2 Å². The molecule has 0 bridgehead atoms. The van der Waals surface area contributed by atoms with E-state index in [-0.39, 0.29) is 6.10 Å². The number of nitrogens with zero attached hydrogens (tertiary/aromatic N) is 3. The van der Waals surface area contributed by atoms with E-state index < -0.39 is 0 Å². The summed E-state index contributed by atoms with van der Waals surface area (Å²) >= 11 is 1.21. The molecule has 0 N–H and O–H groups in total. The van der Waals surface area contributed by atoms with Gasteiger partial charge in [0, 0.05) is 30.2 Å². The molecule has 1 atom stereocenters. The number of pyridine rings is 1. The van der Waals surface area contributed by atoms with Crippen LogP contribution in [0, 0.1) is 0 Å². The Bertz CT molecular complexity index is 729. The molecule has 102 valence electrons. The number of ether oxygens (including phenoxy) is 2. The van der Waals surface area contributed by atoms with Crippen LogP contribution < -0.4 is 4.74 Å². The summed E-state index contributed by atoms with van der Waals surface area (Å²) in [5.41, 5.74) is 0.936. The quantitative estimate of drug-likeness (QED) is 0.734. The third kappa shape index (κ3) is 2.61. The molecule has 0 aliphatic carbocycles. The largest absolute Gasteiger partial charge is 0.430 e. The summed E-state index contributed by atoms with van der Waals surface area (Å²) in [5, 5.41) is 1.53. The second-order valence-corrected chi connectivity index (χ2v) is 4.97. The van der Waals surface area contributed by atoms with Crippen molar-refractivity contribution in [3.8, 4) is 10.9 Å². The SMILES string of the molecule is CO[C@H](C)c1nsc(Oc2ccc3ncccc3c2)n1. The van der Waals surface area contributed by atoms with Gasteiger partial charge in [-0.3, -0.25) is 4.98 Å². The fourth-order valence-corrected chi connectivity index (χ4v) is 2.38. The van der Waals surface area contributed by atoms with Gasteiger partial charge >= 0.3 is 0 Å². The molecule has 5 nitrogen and oxygen atoms in total. The van der Waals surface area contributed by atoms with E-state index in [4.69, 9.17) is 9.47 Å². The molecule has 0 fully saturated rings. The molecule has 2 heterocycles. The lowest BCUT2D eigenvalue weighted by Crippen LogP contribution is -1.97. The maximum atomic E-state index is 5.72. The average Bonchev–Trinajstić information content (AvgIpc) is 2.95. The Morgan fingerprint density at radius 3 is 3.00 bits per heavy atom. The molecule has 3 rings (SSSR count). The lowest BCUT2D eigenvalue weighted by Gasteiger charge is -2.04. The van der Waals surface area contributed by atoms with E-state index in [2.05, 4.69) is 14.3 Å². The number of benzene rings is 1. The van der Waals surface area contributed by atoms with Crippen LogP contribution in [0.15, 0.2) is 36.5 Å². The predicted molar refractivity (Wildman–Crippen MR) is 77.2 cm³/mol. The van der Waals surface area contributed by atoms with Crippen LogP contribution in [0.2, 0.25) is 0 Å².